The number of aromatic nitrogens is 1. The van der Waals surface area contributed by atoms with Crippen molar-refractivity contribution in [1.29, 1.82) is 0 Å². The minimum absolute atomic E-state index is 0. The fraction of sp³-hybridized carbons (Fsp3) is 0.474. The van der Waals surface area contributed by atoms with Gasteiger partial charge in [-0.2, -0.15) is 0 Å². The molecule has 2 aliphatic heterocycles. The van der Waals surface area contributed by atoms with Crippen LogP contribution < -0.4 is 15.4 Å². The zero-order chi connectivity index (χ0) is 18.1. The molecule has 146 valence electrons. The van der Waals surface area contributed by atoms with Crippen LogP contribution in [0.4, 0.5) is 5.82 Å². The number of amides is 1. The third-order valence-electron chi connectivity index (χ3n) is 5.16. The van der Waals surface area contributed by atoms with Crippen molar-refractivity contribution in [2.45, 2.75) is 25.3 Å². The minimum Gasteiger partial charge on any atom is -0.497 e. The summed E-state index contributed by atoms with van der Waals surface area (Å²) in [7, 11) is 1.63. The van der Waals surface area contributed by atoms with Crippen molar-refractivity contribution in [2.24, 2.45) is 5.73 Å². The van der Waals surface area contributed by atoms with E-state index in [-0.39, 0.29) is 24.4 Å². The second kappa shape index (κ2) is 8.19. The number of methoxy groups -OCH3 is 1. The second-order valence-electron chi connectivity index (χ2n) is 6.93. The van der Waals surface area contributed by atoms with E-state index in [1.165, 1.54) is 0 Å². The first kappa shape index (κ1) is 19.5. The van der Waals surface area contributed by atoms with Gasteiger partial charge in [0, 0.05) is 37.8 Å². The van der Waals surface area contributed by atoms with Crippen LogP contribution in [0.1, 0.15) is 29.6 Å². The zero-order valence-electron chi connectivity index (χ0n) is 15.4. The SMILES string of the molecule is COc1ccc(-c2onc(N3CCCC3)c2C(=O)N2CC[C@H](N)C2)cc1.Cl. The summed E-state index contributed by atoms with van der Waals surface area (Å²) in [6, 6.07) is 7.53. The number of benzene rings is 1. The average Bonchev–Trinajstić information content (AvgIpc) is 3.41. The van der Waals surface area contributed by atoms with Gasteiger partial charge in [-0.15, -0.1) is 12.4 Å². The Morgan fingerprint density at radius 1 is 1.22 bits per heavy atom. The molecular weight excluding hydrogens is 368 g/mol. The molecule has 1 aromatic heterocycles. The number of anilines is 1. The lowest BCUT2D eigenvalue weighted by Gasteiger charge is -2.19. The van der Waals surface area contributed by atoms with Crippen molar-refractivity contribution in [3.63, 3.8) is 0 Å². The minimum atomic E-state index is -0.0491. The number of nitrogens with zero attached hydrogens (tertiary/aromatic N) is 3. The normalized spacial score (nSPS) is 19.3. The van der Waals surface area contributed by atoms with Crippen LogP contribution in [0.25, 0.3) is 11.3 Å². The highest BCUT2D eigenvalue weighted by Crippen LogP contribution is 2.35. The molecule has 27 heavy (non-hydrogen) atoms. The summed E-state index contributed by atoms with van der Waals surface area (Å²) in [6.07, 6.45) is 3.04. The van der Waals surface area contributed by atoms with Crippen LogP contribution in [0, 0.1) is 0 Å². The number of carbonyl (C=O) groups is 1. The highest BCUT2D eigenvalue weighted by molar-refractivity contribution is 6.04. The third-order valence-corrected chi connectivity index (χ3v) is 5.16. The molecule has 0 radical (unpaired) electrons. The summed E-state index contributed by atoms with van der Waals surface area (Å²) in [4.78, 5) is 17.2. The molecule has 2 saturated heterocycles. The molecule has 0 unspecified atom stereocenters. The van der Waals surface area contributed by atoms with E-state index in [1.54, 1.807) is 7.11 Å². The number of hydrogen-bond acceptors (Lipinski definition) is 6. The van der Waals surface area contributed by atoms with E-state index in [4.69, 9.17) is 15.0 Å². The van der Waals surface area contributed by atoms with Crippen molar-refractivity contribution in [1.82, 2.24) is 10.1 Å². The summed E-state index contributed by atoms with van der Waals surface area (Å²) in [5.74, 6) is 1.87. The fourth-order valence-corrected chi connectivity index (χ4v) is 3.69. The van der Waals surface area contributed by atoms with E-state index in [1.807, 2.05) is 29.2 Å². The Morgan fingerprint density at radius 3 is 2.52 bits per heavy atom. The molecule has 4 rings (SSSR count). The molecule has 0 saturated carbocycles. The molecule has 7 nitrogen and oxygen atoms in total. The number of carbonyl (C=O) groups excluding carboxylic acids is 1. The number of hydrogen-bond donors (Lipinski definition) is 1. The molecule has 1 atom stereocenters. The second-order valence-corrected chi connectivity index (χ2v) is 6.93. The Labute approximate surface area is 164 Å². The predicted octanol–water partition coefficient (Wildman–Crippen LogP) is 2.55. The lowest BCUT2D eigenvalue weighted by atomic mass is 10.1. The summed E-state index contributed by atoms with van der Waals surface area (Å²) >= 11 is 0. The van der Waals surface area contributed by atoms with E-state index in [0.29, 0.717) is 30.2 Å². The van der Waals surface area contributed by atoms with Crippen molar-refractivity contribution < 1.29 is 14.1 Å². The maximum atomic E-state index is 13.3. The summed E-state index contributed by atoms with van der Waals surface area (Å²) in [5, 5.41) is 4.27. The monoisotopic (exact) mass is 392 g/mol. The van der Waals surface area contributed by atoms with Gasteiger partial charge in [-0.1, -0.05) is 5.16 Å². The maximum Gasteiger partial charge on any atom is 0.261 e. The van der Waals surface area contributed by atoms with Gasteiger partial charge in [-0.05, 0) is 43.5 Å². The quantitative estimate of drug-likeness (QED) is 0.860. The van der Waals surface area contributed by atoms with Crippen molar-refractivity contribution in [2.75, 3.05) is 38.2 Å². The van der Waals surface area contributed by atoms with Crippen LogP contribution in [-0.4, -0.2) is 55.3 Å². The third kappa shape index (κ3) is 3.75. The predicted molar refractivity (Wildman–Crippen MR) is 106 cm³/mol. The van der Waals surface area contributed by atoms with Crippen LogP contribution in [0.3, 0.4) is 0 Å². The maximum absolute atomic E-state index is 13.3. The molecule has 0 bridgehead atoms. The van der Waals surface area contributed by atoms with Crippen LogP contribution in [0.2, 0.25) is 0 Å². The Balaban J connectivity index is 0.00000210. The molecule has 2 aliphatic rings. The van der Waals surface area contributed by atoms with E-state index in [9.17, 15) is 4.79 Å². The van der Waals surface area contributed by atoms with Gasteiger partial charge in [0.1, 0.15) is 11.3 Å². The van der Waals surface area contributed by atoms with Crippen molar-refractivity contribution >= 4 is 24.1 Å². The van der Waals surface area contributed by atoms with Gasteiger partial charge in [-0.3, -0.25) is 4.79 Å². The molecule has 1 aromatic carbocycles. The topological polar surface area (TPSA) is 84.8 Å². The first-order valence-electron chi connectivity index (χ1n) is 9.11. The largest absolute Gasteiger partial charge is 0.497 e. The van der Waals surface area contributed by atoms with Gasteiger partial charge < -0.3 is 24.8 Å². The zero-order valence-corrected chi connectivity index (χ0v) is 16.2. The summed E-state index contributed by atoms with van der Waals surface area (Å²) < 4.78 is 10.9. The Bertz CT molecular complexity index is 787. The highest BCUT2D eigenvalue weighted by Gasteiger charge is 2.34. The van der Waals surface area contributed by atoms with E-state index < -0.39 is 0 Å². The van der Waals surface area contributed by atoms with Crippen LogP contribution in [0.5, 0.6) is 5.75 Å². The number of likely N-dealkylation sites (tertiary alicyclic amines) is 1. The highest BCUT2D eigenvalue weighted by atomic mass is 35.5. The molecule has 2 N–H and O–H groups in total. The lowest BCUT2D eigenvalue weighted by Crippen LogP contribution is -2.33. The Morgan fingerprint density at radius 2 is 1.93 bits per heavy atom. The number of halogens is 1. The summed E-state index contributed by atoms with van der Waals surface area (Å²) in [5.41, 5.74) is 7.36. The Hall–Kier alpha value is -2.25. The smallest absolute Gasteiger partial charge is 0.261 e. The molecular formula is C19H25ClN4O3. The van der Waals surface area contributed by atoms with Gasteiger partial charge in [0.25, 0.3) is 5.91 Å². The van der Waals surface area contributed by atoms with Gasteiger partial charge in [-0.25, -0.2) is 0 Å². The molecule has 3 heterocycles. The molecule has 8 heteroatoms. The van der Waals surface area contributed by atoms with Crippen LogP contribution in [-0.2, 0) is 0 Å². The molecule has 2 aromatic rings. The van der Waals surface area contributed by atoms with Gasteiger partial charge >= 0.3 is 0 Å². The standard InChI is InChI=1S/C19H24N4O3.ClH/c1-25-15-6-4-13(5-7-15)17-16(19(24)23-11-8-14(20)12-23)18(21-26-17)22-9-2-3-10-22;/h4-7,14H,2-3,8-12,20H2,1H3;1H/t14-;/m0./s1. The fourth-order valence-electron chi connectivity index (χ4n) is 3.69. The molecule has 2 fully saturated rings. The van der Waals surface area contributed by atoms with Gasteiger partial charge in [0.2, 0.25) is 0 Å². The molecule has 1 amide bonds. The van der Waals surface area contributed by atoms with Crippen LogP contribution in [0.15, 0.2) is 28.8 Å². The lowest BCUT2D eigenvalue weighted by molar-refractivity contribution is 0.0791. The first-order valence-corrected chi connectivity index (χ1v) is 9.11. The van der Waals surface area contributed by atoms with E-state index in [0.717, 1.165) is 43.7 Å². The van der Waals surface area contributed by atoms with Gasteiger partial charge in [0.05, 0.1) is 7.11 Å². The number of nitrogens with two attached hydrogens (primary N) is 1. The van der Waals surface area contributed by atoms with Crippen molar-refractivity contribution in [3.8, 4) is 17.1 Å². The first-order chi connectivity index (χ1) is 12.7. The van der Waals surface area contributed by atoms with E-state index in [2.05, 4.69) is 10.1 Å². The average molecular weight is 393 g/mol. The molecule has 0 aliphatic carbocycles. The van der Waals surface area contributed by atoms with E-state index >= 15 is 0 Å². The molecule has 0 spiro atoms. The van der Waals surface area contributed by atoms with Gasteiger partial charge in [0.15, 0.2) is 11.6 Å². The van der Waals surface area contributed by atoms with Crippen LogP contribution >= 0.6 is 12.4 Å². The van der Waals surface area contributed by atoms with Crippen molar-refractivity contribution in [3.05, 3.63) is 29.8 Å². The number of rotatable bonds is 4. The number of ether oxygens (including phenoxy) is 1. The summed E-state index contributed by atoms with van der Waals surface area (Å²) in [6.45, 7) is 3.04. The Kier molecular flexibility index (Phi) is 5.92.